The Labute approximate surface area is 137 Å². The van der Waals surface area contributed by atoms with Gasteiger partial charge in [-0.25, -0.2) is 0 Å². The number of aryl methyl sites for hydroxylation is 1. The number of carbonyl (C=O) groups excluding carboxylic acids is 1. The molecule has 2 aromatic rings. The van der Waals surface area contributed by atoms with Gasteiger partial charge >= 0.3 is 0 Å². The lowest BCUT2D eigenvalue weighted by Gasteiger charge is -2.25. The van der Waals surface area contributed by atoms with E-state index in [9.17, 15) is 4.79 Å². The van der Waals surface area contributed by atoms with Gasteiger partial charge in [0.1, 0.15) is 0 Å². The molecule has 2 atom stereocenters. The summed E-state index contributed by atoms with van der Waals surface area (Å²) in [5, 5.41) is 7.20. The number of nitrogens with one attached hydrogen (secondary N) is 1. The Bertz CT molecular complexity index is 694. The second-order valence-electron chi connectivity index (χ2n) is 6.39. The van der Waals surface area contributed by atoms with Crippen molar-refractivity contribution < 1.29 is 4.79 Å². The largest absolute Gasteiger partial charge is 0.309 e. The van der Waals surface area contributed by atoms with E-state index >= 15 is 0 Å². The molecule has 1 fully saturated rings. The normalized spacial score (nSPS) is 19.7. The van der Waals surface area contributed by atoms with Crippen molar-refractivity contribution in [2.24, 2.45) is 0 Å². The maximum absolute atomic E-state index is 11.1. The highest BCUT2D eigenvalue weighted by atomic mass is 16.1. The number of nitrogens with zero attached hydrogens (tertiary/aromatic N) is 3. The lowest BCUT2D eigenvalue weighted by molar-refractivity contribution is -0.114. The van der Waals surface area contributed by atoms with Gasteiger partial charge in [-0.2, -0.15) is 5.10 Å². The summed E-state index contributed by atoms with van der Waals surface area (Å²) in [6, 6.07) is 11.4. The van der Waals surface area contributed by atoms with E-state index in [1.165, 1.54) is 18.1 Å². The van der Waals surface area contributed by atoms with Crippen LogP contribution in [0.25, 0.3) is 0 Å². The fourth-order valence-corrected chi connectivity index (χ4v) is 3.27. The van der Waals surface area contributed by atoms with Crippen LogP contribution >= 0.6 is 0 Å². The van der Waals surface area contributed by atoms with Crippen LogP contribution in [-0.2, 0) is 4.79 Å². The highest BCUT2D eigenvalue weighted by Crippen LogP contribution is 2.30. The van der Waals surface area contributed by atoms with Gasteiger partial charge in [-0.1, -0.05) is 29.8 Å². The molecule has 2 heterocycles. The van der Waals surface area contributed by atoms with E-state index in [1.807, 2.05) is 16.9 Å². The quantitative estimate of drug-likeness (QED) is 0.943. The molecule has 1 aromatic heterocycles. The number of likely N-dealkylation sites (tertiary alicyclic amines) is 1. The molecule has 3 rings (SSSR count). The van der Waals surface area contributed by atoms with Crippen LogP contribution in [-0.4, -0.2) is 33.7 Å². The molecular formula is C18H24N4O. The third kappa shape index (κ3) is 3.62. The molecule has 0 bridgehead atoms. The average molecular weight is 312 g/mol. The maximum Gasteiger partial charge on any atom is 0.222 e. The summed E-state index contributed by atoms with van der Waals surface area (Å²) < 4.78 is 1.98. The van der Waals surface area contributed by atoms with Crippen molar-refractivity contribution in [1.29, 1.82) is 0 Å². The van der Waals surface area contributed by atoms with Crippen LogP contribution < -0.4 is 5.32 Å². The van der Waals surface area contributed by atoms with Gasteiger partial charge in [0.15, 0.2) is 5.82 Å². The van der Waals surface area contributed by atoms with E-state index in [0.717, 1.165) is 19.5 Å². The predicted octanol–water partition coefficient (Wildman–Crippen LogP) is 3.16. The summed E-state index contributed by atoms with van der Waals surface area (Å²) in [4.78, 5) is 13.6. The van der Waals surface area contributed by atoms with E-state index in [0.29, 0.717) is 17.9 Å². The molecule has 0 radical (unpaired) electrons. The lowest BCUT2D eigenvalue weighted by Crippen LogP contribution is -2.25. The third-order valence-corrected chi connectivity index (χ3v) is 4.55. The molecule has 0 aliphatic carbocycles. The molecular weight excluding hydrogens is 288 g/mol. The van der Waals surface area contributed by atoms with E-state index in [1.54, 1.807) is 0 Å². The van der Waals surface area contributed by atoms with E-state index in [-0.39, 0.29) is 5.91 Å². The van der Waals surface area contributed by atoms with Gasteiger partial charge in [-0.05, 0) is 25.8 Å². The summed E-state index contributed by atoms with van der Waals surface area (Å²) in [5.74, 6) is 0.541. The van der Waals surface area contributed by atoms with Crippen molar-refractivity contribution in [2.75, 3.05) is 18.4 Å². The van der Waals surface area contributed by atoms with Crippen LogP contribution in [0.1, 0.15) is 43.5 Å². The Morgan fingerprint density at radius 1 is 1.39 bits per heavy atom. The minimum absolute atomic E-state index is 0.0867. The fourth-order valence-electron chi connectivity index (χ4n) is 3.27. The summed E-state index contributed by atoms with van der Waals surface area (Å²) >= 11 is 0. The minimum Gasteiger partial charge on any atom is -0.309 e. The van der Waals surface area contributed by atoms with Gasteiger partial charge in [-0.3, -0.25) is 14.4 Å². The predicted molar refractivity (Wildman–Crippen MR) is 91.4 cm³/mol. The first-order valence-electron chi connectivity index (χ1n) is 8.16. The third-order valence-electron chi connectivity index (χ3n) is 4.55. The Morgan fingerprint density at radius 2 is 2.22 bits per heavy atom. The molecule has 23 heavy (non-hydrogen) atoms. The van der Waals surface area contributed by atoms with Gasteiger partial charge < -0.3 is 5.32 Å². The topological polar surface area (TPSA) is 50.2 Å². The Kier molecular flexibility index (Phi) is 4.48. The minimum atomic E-state index is -0.0867. The number of aromatic nitrogens is 2. The second kappa shape index (κ2) is 6.54. The number of rotatable bonds is 4. The molecule has 1 saturated heterocycles. The lowest BCUT2D eigenvalue weighted by atomic mass is 10.0. The number of carbonyl (C=O) groups is 1. The SMILES string of the molecule is CC(=O)Nc1ccn([C@H]2CCN([C@H](C)c3cccc(C)c3)C2)n1. The van der Waals surface area contributed by atoms with Gasteiger partial charge in [-0.15, -0.1) is 0 Å². The summed E-state index contributed by atoms with van der Waals surface area (Å²) in [6.45, 7) is 7.95. The first-order valence-corrected chi connectivity index (χ1v) is 8.16. The summed E-state index contributed by atoms with van der Waals surface area (Å²) in [7, 11) is 0. The van der Waals surface area contributed by atoms with Crippen LogP contribution in [0, 0.1) is 6.92 Å². The van der Waals surface area contributed by atoms with Crippen LogP contribution in [0.2, 0.25) is 0 Å². The van der Waals surface area contributed by atoms with Crippen molar-refractivity contribution >= 4 is 11.7 Å². The van der Waals surface area contributed by atoms with Crippen LogP contribution in [0.4, 0.5) is 5.82 Å². The zero-order valence-electron chi connectivity index (χ0n) is 14.0. The van der Waals surface area contributed by atoms with Gasteiger partial charge in [0.2, 0.25) is 5.91 Å². The van der Waals surface area contributed by atoms with Crippen LogP contribution in [0.15, 0.2) is 36.5 Å². The molecule has 1 aromatic carbocycles. The van der Waals surface area contributed by atoms with Gasteiger partial charge in [0.05, 0.1) is 6.04 Å². The van der Waals surface area contributed by atoms with Crippen molar-refractivity contribution in [3.63, 3.8) is 0 Å². The van der Waals surface area contributed by atoms with Crippen LogP contribution in [0.3, 0.4) is 0 Å². The highest BCUT2D eigenvalue weighted by molar-refractivity contribution is 5.87. The monoisotopic (exact) mass is 312 g/mol. The fraction of sp³-hybridized carbons (Fsp3) is 0.444. The number of hydrogen-bond donors (Lipinski definition) is 1. The number of hydrogen-bond acceptors (Lipinski definition) is 3. The molecule has 1 aliphatic heterocycles. The molecule has 1 amide bonds. The van der Waals surface area contributed by atoms with Crippen molar-refractivity contribution in [3.8, 4) is 0 Å². The summed E-state index contributed by atoms with van der Waals surface area (Å²) in [6.07, 6.45) is 3.04. The number of benzene rings is 1. The smallest absolute Gasteiger partial charge is 0.222 e. The second-order valence-corrected chi connectivity index (χ2v) is 6.39. The van der Waals surface area contributed by atoms with Gasteiger partial charge in [0, 0.05) is 38.3 Å². The molecule has 0 spiro atoms. The average Bonchev–Trinajstić information content (AvgIpc) is 3.14. The molecule has 1 N–H and O–H groups in total. The van der Waals surface area contributed by atoms with E-state index in [2.05, 4.69) is 53.4 Å². The first kappa shape index (κ1) is 15.7. The van der Waals surface area contributed by atoms with Gasteiger partial charge in [0.25, 0.3) is 0 Å². The zero-order valence-corrected chi connectivity index (χ0v) is 14.0. The standard InChI is InChI=1S/C18H24N4O/c1-13-5-4-6-16(11-13)14(2)21-9-7-17(12-21)22-10-8-18(20-22)19-15(3)23/h4-6,8,10-11,14,17H,7,9,12H2,1-3H3,(H,19,20,23)/t14-,17+/m1/s1. The summed E-state index contributed by atoms with van der Waals surface area (Å²) in [5.41, 5.74) is 2.67. The van der Waals surface area contributed by atoms with E-state index in [4.69, 9.17) is 0 Å². The molecule has 0 unspecified atom stereocenters. The maximum atomic E-state index is 11.1. The number of anilines is 1. The zero-order chi connectivity index (χ0) is 16.4. The highest BCUT2D eigenvalue weighted by Gasteiger charge is 2.28. The first-order chi connectivity index (χ1) is 11.0. The van der Waals surface area contributed by atoms with Crippen LogP contribution in [0.5, 0.6) is 0 Å². The molecule has 1 aliphatic rings. The number of amides is 1. The Morgan fingerprint density at radius 3 is 2.96 bits per heavy atom. The Balaban J connectivity index is 1.66. The van der Waals surface area contributed by atoms with Crippen molar-refractivity contribution in [2.45, 2.75) is 39.3 Å². The van der Waals surface area contributed by atoms with E-state index < -0.39 is 0 Å². The molecule has 5 heteroatoms. The Hall–Kier alpha value is -2.14. The van der Waals surface area contributed by atoms with Crippen molar-refractivity contribution in [3.05, 3.63) is 47.7 Å². The molecule has 0 saturated carbocycles. The molecule has 122 valence electrons. The van der Waals surface area contributed by atoms with Crippen molar-refractivity contribution in [1.82, 2.24) is 14.7 Å². The molecule has 5 nitrogen and oxygen atoms in total.